The lowest BCUT2D eigenvalue weighted by Gasteiger charge is -2.20. The van der Waals surface area contributed by atoms with Crippen LogP contribution in [0.4, 0.5) is 0 Å². The first-order valence-electron chi connectivity index (χ1n) is 6.21. The molecule has 0 saturated heterocycles. The fourth-order valence-electron chi connectivity index (χ4n) is 1.49. The van der Waals surface area contributed by atoms with E-state index in [4.69, 9.17) is 0 Å². The third-order valence-corrected chi connectivity index (χ3v) is 4.04. The van der Waals surface area contributed by atoms with Crippen LogP contribution in [0, 0.1) is 0 Å². The highest BCUT2D eigenvalue weighted by Gasteiger charge is 2.03. The topological polar surface area (TPSA) is 28.2 Å². The zero-order chi connectivity index (χ0) is 13.5. The molecule has 0 fully saturated rings. The Hall–Kier alpha value is 0.0300. The van der Waals surface area contributed by atoms with Crippen molar-refractivity contribution in [2.75, 3.05) is 20.1 Å². The molecule has 0 saturated carbocycles. The van der Waals surface area contributed by atoms with Gasteiger partial charge in [0.25, 0.3) is 0 Å². The molecule has 1 N–H and O–H groups in total. The van der Waals surface area contributed by atoms with Crippen molar-refractivity contribution in [2.24, 2.45) is 0 Å². The van der Waals surface area contributed by atoms with Crippen LogP contribution in [0.3, 0.4) is 0 Å². The molecule has 0 amide bonds. The summed E-state index contributed by atoms with van der Waals surface area (Å²) in [5, 5.41) is 3.42. The molecule has 0 unspecified atom stereocenters. The van der Waals surface area contributed by atoms with Crippen molar-refractivity contribution in [1.29, 1.82) is 0 Å². The lowest BCUT2D eigenvalue weighted by Crippen LogP contribution is -2.29. The number of hydrogen-bond donors (Lipinski definition) is 1. The predicted octanol–water partition coefficient (Wildman–Crippen LogP) is 3.43. The second kappa shape index (κ2) is 8.25. The van der Waals surface area contributed by atoms with E-state index in [-0.39, 0.29) is 0 Å². The fourth-order valence-corrected chi connectivity index (χ4v) is 2.62. The van der Waals surface area contributed by atoms with Crippen LogP contribution in [0.2, 0.25) is 0 Å². The van der Waals surface area contributed by atoms with Crippen LogP contribution in [0.25, 0.3) is 0 Å². The molecule has 1 rings (SSSR count). The van der Waals surface area contributed by atoms with Gasteiger partial charge in [0.1, 0.15) is 0 Å². The van der Waals surface area contributed by atoms with Gasteiger partial charge >= 0.3 is 0 Å². The molecular weight excluding hydrogens is 358 g/mol. The minimum Gasteiger partial charge on any atom is -0.311 e. The van der Waals surface area contributed by atoms with Crippen molar-refractivity contribution in [2.45, 2.75) is 32.9 Å². The Bertz CT molecular complexity index is 369. The lowest BCUT2D eigenvalue weighted by atomic mass is 10.3. The van der Waals surface area contributed by atoms with Crippen LogP contribution in [0.5, 0.6) is 0 Å². The Morgan fingerprint density at radius 3 is 2.72 bits per heavy atom. The monoisotopic (exact) mass is 377 g/mol. The number of pyridine rings is 1. The van der Waals surface area contributed by atoms with Gasteiger partial charge in [-0.25, -0.2) is 0 Å². The van der Waals surface area contributed by atoms with Gasteiger partial charge in [-0.05, 0) is 78.3 Å². The standard InChI is InChI=1S/C13H21Br2N3/c1-10(2)18(3)6-4-5-16-9-13-12(15)7-11(14)8-17-13/h7-8,10,16H,4-6,9H2,1-3H3. The molecule has 0 aliphatic heterocycles. The molecule has 102 valence electrons. The maximum absolute atomic E-state index is 4.37. The highest BCUT2D eigenvalue weighted by atomic mass is 79.9. The third kappa shape index (κ3) is 5.78. The molecule has 1 aromatic heterocycles. The van der Waals surface area contributed by atoms with Crippen LogP contribution in [0.1, 0.15) is 26.0 Å². The molecule has 0 aliphatic carbocycles. The number of aromatic nitrogens is 1. The van der Waals surface area contributed by atoms with Gasteiger partial charge in [0.15, 0.2) is 0 Å². The average Bonchev–Trinajstić information content (AvgIpc) is 2.30. The van der Waals surface area contributed by atoms with E-state index in [1.807, 2.05) is 12.3 Å². The molecule has 5 heteroatoms. The quantitative estimate of drug-likeness (QED) is 0.736. The third-order valence-electron chi connectivity index (χ3n) is 2.92. The first kappa shape index (κ1) is 16.1. The van der Waals surface area contributed by atoms with E-state index in [1.165, 1.54) is 0 Å². The molecule has 1 aromatic rings. The van der Waals surface area contributed by atoms with Crippen molar-refractivity contribution < 1.29 is 0 Å². The smallest absolute Gasteiger partial charge is 0.0684 e. The van der Waals surface area contributed by atoms with Gasteiger partial charge in [0, 0.05) is 27.7 Å². The van der Waals surface area contributed by atoms with E-state index in [2.05, 4.69) is 68.0 Å². The Labute approximate surface area is 127 Å². The summed E-state index contributed by atoms with van der Waals surface area (Å²) >= 11 is 6.92. The largest absolute Gasteiger partial charge is 0.311 e. The maximum atomic E-state index is 4.37. The van der Waals surface area contributed by atoms with Crippen LogP contribution in [-0.4, -0.2) is 36.1 Å². The highest BCUT2D eigenvalue weighted by molar-refractivity contribution is 9.11. The van der Waals surface area contributed by atoms with E-state index in [0.29, 0.717) is 6.04 Å². The van der Waals surface area contributed by atoms with Gasteiger partial charge in [-0.15, -0.1) is 0 Å². The molecule has 3 nitrogen and oxygen atoms in total. The van der Waals surface area contributed by atoms with Gasteiger partial charge in [-0.3, -0.25) is 4.98 Å². The average molecular weight is 379 g/mol. The van der Waals surface area contributed by atoms with Gasteiger partial charge in [-0.1, -0.05) is 0 Å². The highest BCUT2D eigenvalue weighted by Crippen LogP contribution is 2.19. The van der Waals surface area contributed by atoms with Crippen molar-refractivity contribution in [3.8, 4) is 0 Å². The molecule has 0 bridgehead atoms. The Morgan fingerprint density at radius 1 is 1.39 bits per heavy atom. The van der Waals surface area contributed by atoms with Crippen molar-refractivity contribution >= 4 is 31.9 Å². The summed E-state index contributed by atoms with van der Waals surface area (Å²) in [6.07, 6.45) is 2.98. The number of nitrogens with one attached hydrogen (secondary N) is 1. The summed E-state index contributed by atoms with van der Waals surface area (Å²) in [5.74, 6) is 0. The first-order valence-corrected chi connectivity index (χ1v) is 7.80. The Morgan fingerprint density at radius 2 is 2.11 bits per heavy atom. The van der Waals surface area contributed by atoms with E-state index in [9.17, 15) is 0 Å². The maximum Gasteiger partial charge on any atom is 0.0684 e. The minimum absolute atomic E-state index is 0.618. The van der Waals surface area contributed by atoms with Crippen LogP contribution in [-0.2, 0) is 6.54 Å². The number of nitrogens with zero attached hydrogens (tertiary/aromatic N) is 2. The summed E-state index contributed by atoms with van der Waals surface area (Å²) in [6, 6.07) is 2.64. The second-order valence-electron chi connectivity index (χ2n) is 4.69. The van der Waals surface area contributed by atoms with Gasteiger partial charge in [-0.2, -0.15) is 0 Å². The molecule has 0 atom stereocenters. The summed E-state index contributed by atoms with van der Waals surface area (Å²) in [4.78, 5) is 6.73. The molecule has 1 heterocycles. The summed E-state index contributed by atoms with van der Waals surface area (Å²) < 4.78 is 2.04. The molecule has 0 aromatic carbocycles. The van der Waals surface area contributed by atoms with Crippen molar-refractivity contribution in [3.05, 3.63) is 26.9 Å². The van der Waals surface area contributed by atoms with Crippen molar-refractivity contribution in [3.63, 3.8) is 0 Å². The number of rotatable bonds is 7. The zero-order valence-electron chi connectivity index (χ0n) is 11.2. The number of halogens is 2. The molecular formula is C13H21Br2N3. The Kier molecular flexibility index (Phi) is 7.37. The lowest BCUT2D eigenvalue weighted by molar-refractivity contribution is 0.269. The first-order chi connectivity index (χ1) is 8.50. The van der Waals surface area contributed by atoms with Gasteiger partial charge in [0.05, 0.1) is 5.69 Å². The molecule has 18 heavy (non-hydrogen) atoms. The molecule has 0 aliphatic rings. The zero-order valence-corrected chi connectivity index (χ0v) is 14.4. The molecule has 0 spiro atoms. The van der Waals surface area contributed by atoms with E-state index in [0.717, 1.165) is 40.7 Å². The number of hydrogen-bond acceptors (Lipinski definition) is 3. The minimum atomic E-state index is 0.618. The van der Waals surface area contributed by atoms with Gasteiger partial charge in [0.2, 0.25) is 0 Å². The van der Waals surface area contributed by atoms with Crippen LogP contribution in [0.15, 0.2) is 21.2 Å². The summed E-state index contributed by atoms with van der Waals surface area (Å²) in [5.41, 5.74) is 1.05. The normalized spacial score (nSPS) is 11.5. The fraction of sp³-hybridized carbons (Fsp3) is 0.615. The van der Waals surface area contributed by atoms with E-state index < -0.39 is 0 Å². The van der Waals surface area contributed by atoms with Crippen LogP contribution < -0.4 is 5.32 Å². The SMILES string of the molecule is CC(C)N(C)CCCNCc1ncc(Br)cc1Br. The Balaban J connectivity index is 2.22. The summed E-state index contributed by atoms with van der Waals surface area (Å²) in [7, 11) is 2.16. The second-order valence-corrected chi connectivity index (χ2v) is 6.46. The van der Waals surface area contributed by atoms with Crippen LogP contribution >= 0.6 is 31.9 Å². The van der Waals surface area contributed by atoms with E-state index in [1.54, 1.807) is 0 Å². The van der Waals surface area contributed by atoms with Gasteiger partial charge < -0.3 is 10.2 Å². The van der Waals surface area contributed by atoms with Crippen molar-refractivity contribution in [1.82, 2.24) is 15.2 Å². The molecule has 0 radical (unpaired) electrons. The van der Waals surface area contributed by atoms with E-state index >= 15 is 0 Å². The summed E-state index contributed by atoms with van der Waals surface area (Å²) in [6.45, 7) is 7.38. The predicted molar refractivity (Wildman–Crippen MR) is 83.7 cm³/mol.